The number of ether oxygens (including phenoxy) is 2. The van der Waals surface area contributed by atoms with Crippen LogP contribution in [0.1, 0.15) is 27.2 Å². The van der Waals surface area contributed by atoms with E-state index in [1.165, 1.54) is 14.2 Å². The first-order valence-corrected chi connectivity index (χ1v) is 10.5. The first-order chi connectivity index (χ1) is 14.0. The second kappa shape index (κ2) is 7.71. The largest absolute Gasteiger partial charge is 0.497 e. The fourth-order valence-corrected chi connectivity index (χ4v) is 4.51. The maximum atomic E-state index is 13.0. The Labute approximate surface area is 171 Å². The molecule has 0 radical (unpaired) electrons. The second-order valence-electron chi connectivity index (χ2n) is 6.81. The Morgan fingerprint density at radius 2 is 1.72 bits per heavy atom. The van der Waals surface area contributed by atoms with E-state index in [1.807, 2.05) is 31.2 Å². The number of hydrogen-bond donors (Lipinski definition) is 1. The number of aryl methyl sites for hydroxylation is 1. The van der Waals surface area contributed by atoms with Crippen LogP contribution in [0.5, 0.6) is 11.5 Å². The molecule has 1 aliphatic heterocycles. The summed E-state index contributed by atoms with van der Waals surface area (Å²) in [6.45, 7) is 2.01. The molecule has 1 aromatic heterocycles. The highest BCUT2D eigenvalue weighted by molar-refractivity contribution is 7.83. The molecule has 1 unspecified atom stereocenters. The van der Waals surface area contributed by atoms with Crippen molar-refractivity contribution in [2.45, 2.75) is 18.4 Å². The molecule has 0 bridgehead atoms. The van der Waals surface area contributed by atoms with E-state index >= 15 is 0 Å². The molecule has 0 saturated carbocycles. The van der Waals surface area contributed by atoms with Gasteiger partial charge in [-0.3, -0.25) is 9.00 Å². The van der Waals surface area contributed by atoms with Crippen LogP contribution in [0.25, 0.3) is 5.69 Å². The van der Waals surface area contributed by atoms with Crippen LogP contribution in [0.4, 0.5) is 5.82 Å². The van der Waals surface area contributed by atoms with Gasteiger partial charge in [-0.05, 0) is 31.2 Å². The molecular formula is C21H21N3O4S. The zero-order valence-corrected chi connectivity index (χ0v) is 17.2. The molecule has 1 atom stereocenters. The predicted molar refractivity (Wildman–Crippen MR) is 111 cm³/mol. The normalized spacial score (nSPS) is 15.1. The summed E-state index contributed by atoms with van der Waals surface area (Å²) >= 11 is 0. The third-order valence-electron chi connectivity index (χ3n) is 4.79. The van der Waals surface area contributed by atoms with Crippen LogP contribution in [0.15, 0.2) is 42.5 Å². The minimum absolute atomic E-state index is 0.323. The summed E-state index contributed by atoms with van der Waals surface area (Å²) in [5, 5.41) is 7.57. The van der Waals surface area contributed by atoms with Gasteiger partial charge >= 0.3 is 0 Å². The van der Waals surface area contributed by atoms with Crippen LogP contribution in [0.3, 0.4) is 0 Å². The van der Waals surface area contributed by atoms with Gasteiger partial charge in [-0.25, -0.2) is 4.68 Å². The number of rotatable bonds is 5. The molecule has 150 valence electrons. The quantitative estimate of drug-likeness (QED) is 0.697. The molecule has 2 heterocycles. The van der Waals surface area contributed by atoms with Gasteiger partial charge in [0.2, 0.25) is 0 Å². The highest BCUT2D eigenvalue weighted by Gasteiger charge is 2.28. The number of carbonyl (C=O) groups excluding carboxylic acids is 1. The number of fused-ring (bicyclic) bond motifs is 1. The molecule has 0 aliphatic carbocycles. The SMILES string of the molecule is COc1cc(OC)cc(C(=O)Nc2c3c(nn2-c2ccc(C)cc2)CS(=O)C3)c1. The molecule has 1 aliphatic rings. The van der Waals surface area contributed by atoms with Gasteiger partial charge in [0.15, 0.2) is 0 Å². The number of nitrogens with one attached hydrogen (secondary N) is 1. The Morgan fingerprint density at radius 1 is 1.07 bits per heavy atom. The van der Waals surface area contributed by atoms with Crippen molar-refractivity contribution in [3.05, 3.63) is 64.8 Å². The van der Waals surface area contributed by atoms with Crippen LogP contribution in [-0.2, 0) is 22.3 Å². The van der Waals surface area contributed by atoms with Crippen molar-refractivity contribution in [3.8, 4) is 17.2 Å². The van der Waals surface area contributed by atoms with E-state index in [4.69, 9.17) is 9.47 Å². The molecule has 0 saturated heterocycles. The van der Waals surface area contributed by atoms with E-state index in [0.29, 0.717) is 34.4 Å². The highest BCUT2D eigenvalue weighted by Crippen LogP contribution is 2.32. The van der Waals surface area contributed by atoms with Gasteiger partial charge in [-0.1, -0.05) is 17.7 Å². The standard InChI is InChI=1S/C21H21N3O4S/c1-13-4-6-15(7-5-13)24-20(18-11-29(26)12-19(18)23-24)22-21(25)14-8-16(27-2)10-17(9-14)28-3/h4-10H,11-12H2,1-3H3,(H,22,25). The molecule has 2 aromatic carbocycles. The van der Waals surface area contributed by atoms with Crippen molar-refractivity contribution in [1.82, 2.24) is 9.78 Å². The molecule has 3 aromatic rings. The molecule has 0 fully saturated rings. The topological polar surface area (TPSA) is 82.4 Å². The van der Waals surface area contributed by atoms with Crippen molar-refractivity contribution >= 4 is 22.5 Å². The molecule has 4 rings (SSSR count). The summed E-state index contributed by atoms with van der Waals surface area (Å²) in [4.78, 5) is 13.0. The summed E-state index contributed by atoms with van der Waals surface area (Å²) < 4.78 is 24.3. The maximum Gasteiger partial charge on any atom is 0.257 e. The lowest BCUT2D eigenvalue weighted by Gasteiger charge is -2.12. The Kier molecular flexibility index (Phi) is 5.10. The van der Waals surface area contributed by atoms with Crippen LogP contribution in [0.2, 0.25) is 0 Å². The van der Waals surface area contributed by atoms with E-state index < -0.39 is 10.8 Å². The van der Waals surface area contributed by atoms with Crippen molar-refractivity contribution < 1.29 is 18.5 Å². The van der Waals surface area contributed by atoms with Crippen molar-refractivity contribution in [2.24, 2.45) is 0 Å². The number of benzene rings is 2. The summed E-state index contributed by atoms with van der Waals surface area (Å²) in [6.07, 6.45) is 0. The van der Waals surface area contributed by atoms with Gasteiger partial charge in [-0.2, -0.15) is 5.10 Å². The lowest BCUT2D eigenvalue weighted by molar-refractivity contribution is 0.102. The average Bonchev–Trinajstić information content (AvgIpc) is 3.25. The number of hydrogen-bond acceptors (Lipinski definition) is 5. The van der Waals surface area contributed by atoms with E-state index in [2.05, 4.69) is 10.4 Å². The van der Waals surface area contributed by atoms with Gasteiger partial charge < -0.3 is 14.8 Å². The van der Waals surface area contributed by atoms with Crippen LogP contribution in [0, 0.1) is 6.92 Å². The fraction of sp³-hybridized carbons (Fsp3) is 0.238. The van der Waals surface area contributed by atoms with E-state index in [0.717, 1.165) is 22.5 Å². The van der Waals surface area contributed by atoms with Gasteiger partial charge in [0.25, 0.3) is 5.91 Å². The Bertz CT molecular complexity index is 1080. The Morgan fingerprint density at radius 3 is 2.34 bits per heavy atom. The van der Waals surface area contributed by atoms with Crippen LogP contribution >= 0.6 is 0 Å². The van der Waals surface area contributed by atoms with Gasteiger partial charge in [0.05, 0.1) is 37.1 Å². The Balaban J connectivity index is 1.74. The van der Waals surface area contributed by atoms with Crippen molar-refractivity contribution in [2.75, 3.05) is 19.5 Å². The van der Waals surface area contributed by atoms with Gasteiger partial charge in [0.1, 0.15) is 17.3 Å². The fourth-order valence-electron chi connectivity index (χ4n) is 3.25. The number of aromatic nitrogens is 2. The predicted octanol–water partition coefficient (Wildman–Crippen LogP) is 3.21. The average molecular weight is 411 g/mol. The minimum atomic E-state index is -1.00. The number of amides is 1. The lowest BCUT2D eigenvalue weighted by atomic mass is 10.1. The number of methoxy groups -OCH3 is 2. The zero-order chi connectivity index (χ0) is 20.5. The minimum Gasteiger partial charge on any atom is -0.497 e. The summed E-state index contributed by atoms with van der Waals surface area (Å²) in [5.74, 6) is 2.03. The van der Waals surface area contributed by atoms with E-state index in [1.54, 1.807) is 22.9 Å². The molecule has 8 heteroatoms. The van der Waals surface area contributed by atoms with E-state index in [9.17, 15) is 9.00 Å². The molecule has 0 spiro atoms. The first kappa shape index (κ1) is 19.2. The molecular weight excluding hydrogens is 390 g/mol. The second-order valence-corrected chi connectivity index (χ2v) is 8.26. The van der Waals surface area contributed by atoms with Crippen molar-refractivity contribution in [3.63, 3.8) is 0 Å². The first-order valence-electron chi connectivity index (χ1n) is 9.05. The lowest BCUT2D eigenvalue weighted by Crippen LogP contribution is -2.17. The van der Waals surface area contributed by atoms with Crippen LogP contribution in [-0.4, -0.2) is 34.1 Å². The third kappa shape index (κ3) is 3.75. The third-order valence-corrected chi connectivity index (χ3v) is 6.00. The van der Waals surface area contributed by atoms with Gasteiger partial charge in [-0.15, -0.1) is 0 Å². The monoisotopic (exact) mass is 411 g/mol. The molecule has 29 heavy (non-hydrogen) atoms. The number of anilines is 1. The van der Waals surface area contributed by atoms with E-state index in [-0.39, 0.29) is 5.91 Å². The van der Waals surface area contributed by atoms with Crippen molar-refractivity contribution in [1.29, 1.82) is 0 Å². The van der Waals surface area contributed by atoms with Gasteiger partial charge in [0, 0.05) is 28.0 Å². The van der Waals surface area contributed by atoms with Crippen LogP contribution < -0.4 is 14.8 Å². The molecule has 7 nitrogen and oxygen atoms in total. The number of nitrogens with zero attached hydrogens (tertiary/aromatic N) is 2. The smallest absolute Gasteiger partial charge is 0.257 e. The summed E-state index contributed by atoms with van der Waals surface area (Å²) in [7, 11) is 2.06. The summed E-state index contributed by atoms with van der Waals surface area (Å²) in [6, 6.07) is 12.8. The highest BCUT2D eigenvalue weighted by atomic mass is 32.2. The summed E-state index contributed by atoms with van der Waals surface area (Å²) in [5.41, 5.74) is 3.91. The number of carbonyl (C=O) groups is 1. The maximum absolute atomic E-state index is 13.0. The Hall–Kier alpha value is -3.13. The molecule has 1 N–H and O–H groups in total. The zero-order valence-electron chi connectivity index (χ0n) is 16.4. The molecule has 1 amide bonds.